The van der Waals surface area contributed by atoms with E-state index in [4.69, 9.17) is 14.6 Å². The number of piperidine rings is 1. The molecule has 0 aromatic heterocycles. The molecule has 1 atom stereocenters. The molecule has 1 fully saturated rings. The van der Waals surface area contributed by atoms with Gasteiger partial charge in [-0.25, -0.2) is 0 Å². The molecule has 1 saturated heterocycles. The van der Waals surface area contributed by atoms with Crippen LogP contribution in [0.25, 0.3) is 0 Å². The third kappa shape index (κ3) is 10.1. The number of nitrogens with zero attached hydrogens (tertiary/aromatic N) is 1. The average Bonchev–Trinajstić information content (AvgIpc) is 2.83. The molecular weight excluding hydrogens is 454 g/mol. The summed E-state index contributed by atoms with van der Waals surface area (Å²) in [7, 11) is 0. The first-order valence-corrected chi connectivity index (χ1v) is 12.0. The maximum Gasteiger partial charge on any atom is 0.306 e. The van der Waals surface area contributed by atoms with Gasteiger partial charge in [0.1, 0.15) is 18.5 Å². The lowest BCUT2D eigenvalue weighted by atomic mass is 10.0. The van der Waals surface area contributed by atoms with E-state index in [0.29, 0.717) is 6.54 Å². The van der Waals surface area contributed by atoms with E-state index in [0.717, 1.165) is 50.1 Å². The van der Waals surface area contributed by atoms with Crippen LogP contribution in [0.2, 0.25) is 0 Å². The second-order valence-corrected chi connectivity index (χ2v) is 8.62. The highest BCUT2D eigenvalue weighted by Crippen LogP contribution is 2.21. The Bertz CT molecular complexity index is 870. The number of rotatable bonds is 13. The monoisotopic (exact) mass is 489 g/mol. The van der Waals surface area contributed by atoms with Crippen LogP contribution in [0.3, 0.4) is 0 Å². The lowest BCUT2D eigenvalue weighted by molar-refractivity contribution is -0.152. The van der Waals surface area contributed by atoms with Crippen LogP contribution in [0.15, 0.2) is 54.6 Å². The number of aliphatic carboxylic acids is 1. The molecule has 1 aliphatic rings. The maximum atomic E-state index is 12.3. The van der Waals surface area contributed by atoms with Crippen molar-refractivity contribution >= 4 is 24.3 Å². The van der Waals surface area contributed by atoms with Gasteiger partial charge in [0.2, 0.25) is 0 Å². The molecular formula is C27H36ClNO5. The molecule has 2 aromatic carbocycles. The fourth-order valence-corrected chi connectivity index (χ4v) is 4.14. The van der Waals surface area contributed by atoms with Crippen molar-refractivity contribution in [3.05, 3.63) is 65.7 Å². The number of benzene rings is 2. The third-order valence-corrected chi connectivity index (χ3v) is 5.90. The summed E-state index contributed by atoms with van der Waals surface area (Å²) in [4.78, 5) is 25.4. The first-order valence-electron chi connectivity index (χ1n) is 12.0. The van der Waals surface area contributed by atoms with Crippen molar-refractivity contribution in [2.75, 3.05) is 26.2 Å². The average molecular weight is 490 g/mol. The molecule has 1 N–H and O–H groups in total. The normalized spacial score (nSPS) is 14.6. The predicted molar refractivity (Wildman–Crippen MR) is 135 cm³/mol. The molecule has 1 aliphatic heterocycles. The number of carboxylic acids is 1. The predicted octanol–water partition coefficient (Wildman–Crippen LogP) is 4.93. The maximum absolute atomic E-state index is 12.3. The minimum absolute atomic E-state index is 0. The number of esters is 1. The molecule has 0 amide bonds. The Labute approximate surface area is 208 Å². The summed E-state index contributed by atoms with van der Waals surface area (Å²) in [5.74, 6) is -0.443. The fraction of sp³-hybridized carbons (Fsp3) is 0.481. The Morgan fingerprint density at radius 1 is 0.912 bits per heavy atom. The highest BCUT2D eigenvalue weighted by molar-refractivity contribution is 5.85. The number of ether oxygens (including phenoxy) is 2. The lowest BCUT2D eigenvalue weighted by Gasteiger charge is -2.30. The number of likely N-dealkylation sites (tertiary alicyclic amines) is 1. The molecule has 6 nitrogen and oxygen atoms in total. The van der Waals surface area contributed by atoms with Crippen LogP contribution in [-0.4, -0.2) is 54.3 Å². The SMILES string of the molecule is Cl.O=C(O)CCCC(=O)OC(COc1ccccc1CCc1ccccc1)CN1CCCCC1. The molecule has 0 saturated carbocycles. The van der Waals surface area contributed by atoms with E-state index >= 15 is 0 Å². The Balaban J connectivity index is 0.00000408. The van der Waals surface area contributed by atoms with Crippen molar-refractivity contribution in [1.82, 2.24) is 4.90 Å². The number of carbonyl (C=O) groups is 2. The second-order valence-electron chi connectivity index (χ2n) is 8.62. The summed E-state index contributed by atoms with van der Waals surface area (Å²) in [6.07, 6.45) is 5.32. The van der Waals surface area contributed by atoms with E-state index in [1.165, 1.54) is 12.0 Å². The minimum Gasteiger partial charge on any atom is -0.489 e. The van der Waals surface area contributed by atoms with Crippen LogP contribution in [-0.2, 0) is 27.2 Å². The zero-order valence-corrected chi connectivity index (χ0v) is 20.5. The highest BCUT2D eigenvalue weighted by Gasteiger charge is 2.21. The van der Waals surface area contributed by atoms with Crippen LogP contribution in [0.4, 0.5) is 0 Å². The molecule has 2 aromatic rings. The summed E-state index contributed by atoms with van der Waals surface area (Å²) in [5, 5.41) is 8.80. The van der Waals surface area contributed by atoms with Gasteiger partial charge in [0.05, 0.1) is 0 Å². The van der Waals surface area contributed by atoms with Gasteiger partial charge in [-0.2, -0.15) is 0 Å². The van der Waals surface area contributed by atoms with Gasteiger partial charge in [0.25, 0.3) is 0 Å². The number of hydrogen-bond acceptors (Lipinski definition) is 5. The van der Waals surface area contributed by atoms with Crippen molar-refractivity contribution in [2.45, 2.75) is 57.5 Å². The minimum atomic E-state index is -0.900. The number of aryl methyl sites for hydroxylation is 2. The van der Waals surface area contributed by atoms with Gasteiger partial charge in [0.15, 0.2) is 0 Å². The first kappa shape index (κ1) is 27.7. The third-order valence-electron chi connectivity index (χ3n) is 5.90. The van der Waals surface area contributed by atoms with Crippen molar-refractivity contribution in [2.24, 2.45) is 0 Å². The molecule has 7 heteroatoms. The van der Waals surface area contributed by atoms with E-state index in [1.807, 2.05) is 36.4 Å². The molecule has 34 heavy (non-hydrogen) atoms. The van der Waals surface area contributed by atoms with E-state index in [9.17, 15) is 9.59 Å². The quantitative estimate of drug-likeness (QED) is 0.402. The Kier molecular flexibility index (Phi) is 12.5. The number of halogens is 1. The number of hydrogen-bond donors (Lipinski definition) is 1. The Hall–Kier alpha value is -2.57. The molecule has 0 spiro atoms. The molecule has 3 rings (SSSR count). The number of carbonyl (C=O) groups excluding carboxylic acids is 1. The molecule has 0 bridgehead atoms. The molecule has 0 aliphatic carbocycles. The van der Waals surface area contributed by atoms with Crippen LogP contribution >= 0.6 is 12.4 Å². The Morgan fingerprint density at radius 3 is 2.35 bits per heavy atom. The van der Waals surface area contributed by atoms with Gasteiger partial charge in [-0.05, 0) is 62.4 Å². The summed E-state index contributed by atoms with van der Waals surface area (Å²) in [5.41, 5.74) is 2.41. The van der Waals surface area contributed by atoms with Gasteiger partial charge in [-0.3, -0.25) is 14.5 Å². The number of carboxylic acid groups (broad SMARTS) is 1. The van der Waals surface area contributed by atoms with Crippen LogP contribution in [0.5, 0.6) is 5.75 Å². The van der Waals surface area contributed by atoms with E-state index < -0.39 is 5.97 Å². The van der Waals surface area contributed by atoms with Gasteiger partial charge in [0, 0.05) is 19.4 Å². The summed E-state index contributed by atoms with van der Waals surface area (Å²) < 4.78 is 11.9. The molecule has 186 valence electrons. The molecule has 0 radical (unpaired) electrons. The lowest BCUT2D eigenvalue weighted by Crippen LogP contribution is -2.41. The van der Waals surface area contributed by atoms with Gasteiger partial charge in [-0.1, -0.05) is 55.0 Å². The molecule has 1 unspecified atom stereocenters. The second kappa shape index (κ2) is 15.4. The van der Waals surface area contributed by atoms with E-state index in [1.54, 1.807) is 0 Å². The van der Waals surface area contributed by atoms with Gasteiger partial charge in [-0.15, -0.1) is 12.4 Å². The zero-order chi connectivity index (χ0) is 23.3. The van der Waals surface area contributed by atoms with Crippen LogP contribution < -0.4 is 4.74 Å². The van der Waals surface area contributed by atoms with Crippen molar-refractivity contribution in [1.29, 1.82) is 0 Å². The first-order chi connectivity index (χ1) is 16.1. The van der Waals surface area contributed by atoms with Crippen LogP contribution in [0, 0.1) is 0 Å². The number of para-hydroxylation sites is 1. The summed E-state index contributed by atoms with van der Waals surface area (Å²) in [6.45, 7) is 2.92. The van der Waals surface area contributed by atoms with Crippen molar-refractivity contribution in [3.8, 4) is 5.75 Å². The zero-order valence-electron chi connectivity index (χ0n) is 19.7. The highest BCUT2D eigenvalue weighted by atomic mass is 35.5. The standard InChI is InChI=1S/C27H35NO5.ClH/c29-26(30)14-9-15-27(31)33-24(20-28-18-7-2-8-19-28)21-32-25-13-6-5-12-23(25)17-16-22-10-3-1-4-11-22;/h1,3-6,10-13,24H,2,7-9,14-21H2,(H,29,30);1H. The van der Waals surface area contributed by atoms with Crippen molar-refractivity contribution in [3.63, 3.8) is 0 Å². The van der Waals surface area contributed by atoms with Crippen molar-refractivity contribution < 1.29 is 24.2 Å². The topological polar surface area (TPSA) is 76.1 Å². The van der Waals surface area contributed by atoms with Crippen LogP contribution in [0.1, 0.15) is 49.7 Å². The summed E-state index contributed by atoms with van der Waals surface area (Å²) in [6, 6.07) is 18.4. The van der Waals surface area contributed by atoms with E-state index in [-0.39, 0.29) is 50.3 Å². The fourth-order valence-electron chi connectivity index (χ4n) is 4.14. The smallest absolute Gasteiger partial charge is 0.306 e. The largest absolute Gasteiger partial charge is 0.489 e. The Morgan fingerprint density at radius 2 is 1.62 bits per heavy atom. The van der Waals surface area contributed by atoms with E-state index in [2.05, 4.69) is 23.1 Å². The molecule has 1 heterocycles. The van der Waals surface area contributed by atoms with Gasteiger partial charge >= 0.3 is 11.9 Å². The summed E-state index contributed by atoms with van der Waals surface area (Å²) >= 11 is 0. The van der Waals surface area contributed by atoms with Gasteiger partial charge < -0.3 is 14.6 Å².